The standard InChI is InChI=1S/C13H11Cl3N2/c1-7-4-3-5-9(6-7)10-11(15)17-13(8(2)14)18-12(10)16/h3-6,8H,1-2H3. The second kappa shape index (κ2) is 5.43. The van der Waals surface area contributed by atoms with Gasteiger partial charge in [0.1, 0.15) is 16.1 Å². The molecule has 1 heterocycles. The molecule has 0 bridgehead atoms. The lowest BCUT2D eigenvalue weighted by atomic mass is 10.1. The molecule has 1 aromatic carbocycles. The van der Waals surface area contributed by atoms with Crippen molar-refractivity contribution in [1.29, 1.82) is 0 Å². The number of rotatable bonds is 2. The monoisotopic (exact) mass is 300 g/mol. The van der Waals surface area contributed by atoms with Crippen LogP contribution in [0.4, 0.5) is 0 Å². The maximum absolute atomic E-state index is 6.17. The molecule has 0 amide bonds. The highest BCUT2D eigenvalue weighted by molar-refractivity contribution is 6.37. The first kappa shape index (κ1) is 13.6. The fourth-order valence-electron chi connectivity index (χ4n) is 1.64. The van der Waals surface area contributed by atoms with Gasteiger partial charge in [-0.1, -0.05) is 53.0 Å². The highest BCUT2D eigenvalue weighted by atomic mass is 35.5. The van der Waals surface area contributed by atoms with E-state index < -0.39 is 0 Å². The SMILES string of the molecule is Cc1cccc(-c2c(Cl)nc(C(C)Cl)nc2Cl)c1. The molecule has 2 rings (SSSR count). The van der Waals surface area contributed by atoms with E-state index in [0.717, 1.165) is 11.1 Å². The zero-order valence-electron chi connectivity index (χ0n) is 9.92. The van der Waals surface area contributed by atoms with Crippen LogP contribution in [0.25, 0.3) is 11.1 Å². The van der Waals surface area contributed by atoms with Crippen LogP contribution >= 0.6 is 34.8 Å². The van der Waals surface area contributed by atoms with Gasteiger partial charge in [0.2, 0.25) is 0 Å². The summed E-state index contributed by atoms with van der Waals surface area (Å²) in [6.07, 6.45) is 0. The first-order valence-electron chi connectivity index (χ1n) is 5.43. The molecule has 5 heteroatoms. The Kier molecular flexibility index (Phi) is 4.10. The normalized spacial score (nSPS) is 12.5. The summed E-state index contributed by atoms with van der Waals surface area (Å²) >= 11 is 18.3. The van der Waals surface area contributed by atoms with Crippen LogP contribution in [-0.2, 0) is 0 Å². The van der Waals surface area contributed by atoms with Crippen LogP contribution in [0.5, 0.6) is 0 Å². The van der Waals surface area contributed by atoms with Gasteiger partial charge in [-0.05, 0) is 19.4 Å². The third-order valence-corrected chi connectivity index (χ3v) is 3.24. The summed E-state index contributed by atoms with van der Waals surface area (Å²) in [6.45, 7) is 3.78. The van der Waals surface area contributed by atoms with Crippen molar-refractivity contribution in [2.45, 2.75) is 19.2 Å². The number of aromatic nitrogens is 2. The van der Waals surface area contributed by atoms with E-state index in [1.807, 2.05) is 31.2 Å². The minimum Gasteiger partial charge on any atom is -0.219 e. The molecule has 1 atom stereocenters. The van der Waals surface area contributed by atoms with Crippen molar-refractivity contribution in [3.8, 4) is 11.1 Å². The lowest BCUT2D eigenvalue weighted by Crippen LogP contribution is -1.99. The molecule has 0 saturated heterocycles. The van der Waals surface area contributed by atoms with Crippen molar-refractivity contribution in [1.82, 2.24) is 9.97 Å². The molecule has 0 radical (unpaired) electrons. The van der Waals surface area contributed by atoms with Crippen LogP contribution in [-0.4, -0.2) is 9.97 Å². The third-order valence-electron chi connectivity index (χ3n) is 2.50. The summed E-state index contributed by atoms with van der Waals surface area (Å²) in [4.78, 5) is 8.35. The molecule has 0 aliphatic rings. The summed E-state index contributed by atoms with van der Waals surface area (Å²) in [5.41, 5.74) is 2.66. The number of aryl methyl sites for hydroxylation is 1. The maximum atomic E-state index is 6.17. The molecule has 18 heavy (non-hydrogen) atoms. The molecule has 0 aliphatic carbocycles. The van der Waals surface area contributed by atoms with Gasteiger partial charge in [0.25, 0.3) is 0 Å². The van der Waals surface area contributed by atoms with Gasteiger partial charge in [-0.25, -0.2) is 9.97 Å². The Labute approximate surface area is 121 Å². The van der Waals surface area contributed by atoms with Crippen LogP contribution in [0.2, 0.25) is 10.3 Å². The quantitative estimate of drug-likeness (QED) is 0.572. The van der Waals surface area contributed by atoms with E-state index in [0.29, 0.717) is 21.7 Å². The van der Waals surface area contributed by atoms with Crippen molar-refractivity contribution in [3.63, 3.8) is 0 Å². The lowest BCUT2D eigenvalue weighted by molar-refractivity contribution is 0.912. The van der Waals surface area contributed by atoms with Gasteiger partial charge >= 0.3 is 0 Å². The molecule has 0 N–H and O–H groups in total. The van der Waals surface area contributed by atoms with Crippen molar-refractivity contribution in [2.24, 2.45) is 0 Å². The third kappa shape index (κ3) is 2.77. The number of benzene rings is 1. The van der Waals surface area contributed by atoms with Gasteiger partial charge < -0.3 is 0 Å². The number of halogens is 3. The Morgan fingerprint density at radius 1 is 1.11 bits per heavy atom. The second-order valence-corrected chi connectivity index (χ2v) is 5.39. The molecule has 2 aromatic rings. The Balaban J connectivity index is 2.59. The van der Waals surface area contributed by atoms with Crippen molar-refractivity contribution >= 4 is 34.8 Å². The van der Waals surface area contributed by atoms with Crippen LogP contribution < -0.4 is 0 Å². The number of nitrogens with zero attached hydrogens (tertiary/aromatic N) is 2. The van der Waals surface area contributed by atoms with Crippen LogP contribution in [0, 0.1) is 6.92 Å². The first-order chi connectivity index (χ1) is 8.49. The van der Waals surface area contributed by atoms with E-state index in [1.165, 1.54) is 0 Å². The highest BCUT2D eigenvalue weighted by Gasteiger charge is 2.15. The molecule has 2 nitrogen and oxygen atoms in total. The number of hydrogen-bond acceptors (Lipinski definition) is 2. The van der Waals surface area contributed by atoms with Crippen LogP contribution in [0.15, 0.2) is 24.3 Å². The summed E-state index contributed by atoms with van der Waals surface area (Å²) in [5.74, 6) is 0.433. The molecule has 1 unspecified atom stereocenters. The lowest BCUT2D eigenvalue weighted by Gasteiger charge is -2.10. The fourth-order valence-corrected chi connectivity index (χ4v) is 2.36. The summed E-state index contributed by atoms with van der Waals surface area (Å²) in [6, 6.07) is 7.85. The molecule has 0 spiro atoms. The highest BCUT2D eigenvalue weighted by Crippen LogP contribution is 2.34. The first-order valence-corrected chi connectivity index (χ1v) is 6.62. The van der Waals surface area contributed by atoms with Gasteiger partial charge in [0.05, 0.1) is 10.9 Å². The average molecular weight is 302 g/mol. The minimum atomic E-state index is -0.327. The van der Waals surface area contributed by atoms with Crippen molar-refractivity contribution in [3.05, 3.63) is 46.0 Å². The molecule has 0 aliphatic heterocycles. The van der Waals surface area contributed by atoms with Gasteiger partial charge in [0.15, 0.2) is 0 Å². The Morgan fingerprint density at radius 2 is 1.72 bits per heavy atom. The topological polar surface area (TPSA) is 25.8 Å². The van der Waals surface area contributed by atoms with Gasteiger partial charge in [-0.15, -0.1) is 11.6 Å². The Hall–Kier alpha value is -0.830. The predicted molar refractivity (Wildman–Crippen MR) is 76.5 cm³/mol. The van der Waals surface area contributed by atoms with Gasteiger partial charge in [-0.3, -0.25) is 0 Å². The van der Waals surface area contributed by atoms with Gasteiger partial charge in [0, 0.05) is 0 Å². The summed E-state index contributed by atoms with van der Waals surface area (Å²) in [7, 11) is 0. The minimum absolute atomic E-state index is 0.322. The molecule has 94 valence electrons. The summed E-state index contributed by atoms with van der Waals surface area (Å²) < 4.78 is 0. The Bertz CT molecular complexity index is 559. The smallest absolute Gasteiger partial charge is 0.149 e. The number of hydrogen-bond donors (Lipinski definition) is 0. The van der Waals surface area contributed by atoms with Crippen LogP contribution in [0.1, 0.15) is 23.7 Å². The van der Waals surface area contributed by atoms with Gasteiger partial charge in [-0.2, -0.15) is 0 Å². The largest absolute Gasteiger partial charge is 0.219 e. The molecule has 0 saturated carbocycles. The zero-order chi connectivity index (χ0) is 13.3. The zero-order valence-corrected chi connectivity index (χ0v) is 12.2. The molecule has 1 aromatic heterocycles. The van der Waals surface area contributed by atoms with E-state index in [-0.39, 0.29) is 5.38 Å². The second-order valence-electron chi connectivity index (χ2n) is 4.02. The maximum Gasteiger partial charge on any atom is 0.149 e. The van der Waals surface area contributed by atoms with E-state index >= 15 is 0 Å². The van der Waals surface area contributed by atoms with E-state index in [2.05, 4.69) is 9.97 Å². The average Bonchev–Trinajstić information content (AvgIpc) is 2.27. The van der Waals surface area contributed by atoms with E-state index in [9.17, 15) is 0 Å². The number of alkyl halides is 1. The van der Waals surface area contributed by atoms with E-state index in [1.54, 1.807) is 6.92 Å². The fraction of sp³-hybridized carbons (Fsp3) is 0.231. The van der Waals surface area contributed by atoms with Crippen molar-refractivity contribution < 1.29 is 0 Å². The van der Waals surface area contributed by atoms with Crippen molar-refractivity contribution in [2.75, 3.05) is 0 Å². The molecular weight excluding hydrogens is 291 g/mol. The Morgan fingerprint density at radius 3 is 2.22 bits per heavy atom. The predicted octanol–water partition coefficient (Wildman–Crippen LogP) is 5.06. The molecular formula is C13H11Cl3N2. The van der Waals surface area contributed by atoms with Crippen LogP contribution in [0.3, 0.4) is 0 Å². The van der Waals surface area contributed by atoms with E-state index in [4.69, 9.17) is 34.8 Å². The molecule has 0 fully saturated rings. The summed E-state index contributed by atoms with van der Waals surface area (Å²) in [5, 5.41) is 0.317.